The maximum absolute atomic E-state index is 12.9. The number of thiophene rings is 2. The van der Waals surface area contributed by atoms with Gasteiger partial charge in [-0.2, -0.15) is 0 Å². The molecule has 4 aromatic rings. The summed E-state index contributed by atoms with van der Waals surface area (Å²) in [5, 5.41) is 7.17. The van der Waals surface area contributed by atoms with E-state index in [1.807, 2.05) is 41.9 Å². The molecule has 130 valence electrons. The molecule has 0 aliphatic carbocycles. The standard InChI is InChI=1S/C18H14N4O2S2/c1-11-4-2-6-14(20-11)21-15(23)8-22-10-19-17-16(18(22)24)12(9-26-17)13-5-3-7-25-13/h2-7,9-10H,8H2,1H3,(H,20,21,23). The molecule has 1 amide bonds. The molecule has 26 heavy (non-hydrogen) atoms. The van der Waals surface area contributed by atoms with E-state index >= 15 is 0 Å². The normalized spacial score (nSPS) is 11.0. The number of rotatable bonds is 4. The van der Waals surface area contributed by atoms with E-state index in [0.29, 0.717) is 16.0 Å². The molecular formula is C18H14N4O2S2. The largest absolute Gasteiger partial charge is 0.309 e. The summed E-state index contributed by atoms with van der Waals surface area (Å²) in [4.78, 5) is 35.4. The molecule has 0 bridgehead atoms. The Morgan fingerprint density at radius 1 is 1.23 bits per heavy atom. The van der Waals surface area contributed by atoms with Crippen molar-refractivity contribution >= 4 is 44.6 Å². The molecule has 0 aliphatic rings. The second-order valence-electron chi connectivity index (χ2n) is 5.70. The van der Waals surface area contributed by atoms with Crippen molar-refractivity contribution < 1.29 is 4.79 Å². The van der Waals surface area contributed by atoms with Crippen molar-refractivity contribution in [3.8, 4) is 10.4 Å². The van der Waals surface area contributed by atoms with Gasteiger partial charge in [0, 0.05) is 21.5 Å². The van der Waals surface area contributed by atoms with E-state index in [0.717, 1.165) is 16.1 Å². The molecule has 4 aromatic heterocycles. The van der Waals surface area contributed by atoms with E-state index in [1.165, 1.54) is 22.2 Å². The van der Waals surface area contributed by atoms with Gasteiger partial charge in [-0.25, -0.2) is 9.97 Å². The van der Waals surface area contributed by atoms with Crippen LogP contribution in [-0.4, -0.2) is 20.4 Å². The Morgan fingerprint density at radius 3 is 2.88 bits per heavy atom. The Balaban J connectivity index is 1.65. The van der Waals surface area contributed by atoms with Crippen molar-refractivity contribution in [3.63, 3.8) is 0 Å². The van der Waals surface area contributed by atoms with Crippen LogP contribution in [0.25, 0.3) is 20.7 Å². The van der Waals surface area contributed by atoms with E-state index < -0.39 is 0 Å². The lowest BCUT2D eigenvalue weighted by Crippen LogP contribution is -2.28. The third kappa shape index (κ3) is 3.16. The molecule has 0 fully saturated rings. The lowest BCUT2D eigenvalue weighted by molar-refractivity contribution is -0.116. The molecule has 0 saturated carbocycles. The SMILES string of the molecule is Cc1cccc(NC(=O)Cn2cnc3scc(-c4cccs4)c3c2=O)n1. The minimum Gasteiger partial charge on any atom is -0.309 e. The number of aryl methyl sites for hydroxylation is 1. The van der Waals surface area contributed by atoms with Crippen LogP contribution in [0.1, 0.15) is 5.69 Å². The summed E-state index contributed by atoms with van der Waals surface area (Å²) in [6, 6.07) is 9.29. The summed E-state index contributed by atoms with van der Waals surface area (Å²) in [6.45, 7) is 1.73. The number of pyridine rings is 1. The first-order chi connectivity index (χ1) is 12.6. The van der Waals surface area contributed by atoms with Crippen LogP contribution in [0.5, 0.6) is 0 Å². The maximum Gasteiger partial charge on any atom is 0.263 e. The molecule has 1 N–H and O–H groups in total. The van der Waals surface area contributed by atoms with Crippen molar-refractivity contribution in [3.05, 3.63) is 63.5 Å². The first kappa shape index (κ1) is 16.6. The third-order valence-corrected chi connectivity index (χ3v) is 5.61. The molecule has 0 aliphatic heterocycles. The summed E-state index contributed by atoms with van der Waals surface area (Å²) < 4.78 is 1.33. The number of amides is 1. The Bertz CT molecular complexity index is 1150. The lowest BCUT2D eigenvalue weighted by Gasteiger charge is -2.07. The zero-order chi connectivity index (χ0) is 18.1. The van der Waals surface area contributed by atoms with Gasteiger partial charge in [-0.3, -0.25) is 14.2 Å². The fraction of sp³-hybridized carbons (Fsp3) is 0.111. The van der Waals surface area contributed by atoms with E-state index in [9.17, 15) is 9.59 Å². The van der Waals surface area contributed by atoms with Crippen molar-refractivity contribution in [1.29, 1.82) is 0 Å². The number of carbonyl (C=O) groups excluding carboxylic acids is 1. The first-order valence-electron chi connectivity index (χ1n) is 7.86. The van der Waals surface area contributed by atoms with Crippen molar-refractivity contribution in [2.45, 2.75) is 13.5 Å². The van der Waals surface area contributed by atoms with Gasteiger partial charge in [-0.15, -0.1) is 22.7 Å². The number of hydrogen-bond donors (Lipinski definition) is 1. The number of fused-ring (bicyclic) bond motifs is 1. The summed E-state index contributed by atoms with van der Waals surface area (Å²) in [7, 11) is 0. The molecule has 0 spiro atoms. The second kappa shape index (κ2) is 6.81. The molecule has 4 rings (SSSR count). The predicted molar refractivity (Wildman–Crippen MR) is 105 cm³/mol. The minimum absolute atomic E-state index is 0.114. The van der Waals surface area contributed by atoms with Gasteiger partial charge in [-0.05, 0) is 30.5 Å². The summed E-state index contributed by atoms with van der Waals surface area (Å²) in [5.74, 6) is 0.145. The van der Waals surface area contributed by atoms with Gasteiger partial charge in [0.1, 0.15) is 17.2 Å². The van der Waals surface area contributed by atoms with Crippen molar-refractivity contribution in [2.75, 3.05) is 5.32 Å². The van der Waals surface area contributed by atoms with E-state index in [-0.39, 0.29) is 18.0 Å². The minimum atomic E-state index is -0.320. The first-order valence-corrected chi connectivity index (χ1v) is 9.62. The number of nitrogens with zero attached hydrogens (tertiary/aromatic N) is 3. The number of nitrogens with one attached hydrogen (secondary N) is 1. The summed E-state index contributed by atoms with van der Waals surface area (Å²) in [6.07, 6.45) is 1.42. The number of aromatic nitrogens is 3. The maximum atomic E-state index is 12.9. The van der Waals surface area contributed by atoms with Gasteiger partial charge in [-0.1, -0.05) is 12.1 Å². The highest BCUT2D eigenvalue weighted by Crippen LogP contribution is 2.33. The highest BCUT2D eigenvalue weighted by atomic mass is 32.1. The van der Waals surface area contributed by atoms with Crippen LogP contribution in [0.15, 0.2) is 52.2 Å². The van der Waals surface area contributed by atoms with Crippen LogP contribution in [0, 0.1) is 6.92 Å². The highest BCUT2D eigenvalue weighted by molar-refractivity contribution is 7.18. The molecule has 8 heteroatoms. The van der Waals surface area contributed by atoms with Crippen LogP contribution in [-0.2, 0) is 11.3 Å². The van der Waals surface area contributed by atoms with E-state index in [1.54, 1.807) is 17.4 Å². The zero-order valence-electron chi connectivity index (χ0n) is 13.8. The topological polar surface area (TPSA) is 76.9 Å². The van der Waals surface area contributed by atoms with Gasteiger partial charge in [0.2, 0.25) is 5.91 Å². The Morgan fingerprint density at radius 2 is 2.12 bits per heavy atom. The van der Waals surface area contributed by atoms with Crippen LogP contribution in [0.3, 0.4) is 0 Å². The summed E-state index contributed by atoms with van der Waals surface area (Å²) in [5.41, 5.74) is 1.46. The smallest absolute Gasteiger partial charge is 0.263 e. The van der Waals surface area contributed by atoms with Gasteiger partial charge in [0.05, 0.1) is 11.7 Å². The lowest BCUT2D eigenvalue weighted by atomic mass is 10.2. The summed E-state index contributed by atoms with van der Waals surface area (Å²) >= 11 is 3.00. The Labute approximate surface area is 156 Å². The molecule has 6 nitrogen and oxygen atoms in total. The van der Waals surface area contributed by atoms with Crippen LogP contribution < -0.4 is 10.9 Å². The van der Waals surface area contributed by atoms with Gasteiger partial charge < -0.3 is 5.32 Å². The molecule has 0 saturated heterocycles. The van der Waals surface area contributed by atoms with Crippen LogP contribution in [0.2, 0.25) is 0 Å². The van der Waals surface area contributed by atoms with E-state index in [4.69, 9.17) is 0 Å². The molecular weight excluding hydrogens is 368 g/mol. The average molecular weight is 382 g/mol. The van der Waals surface area contributed by atoms with Crippen LogP contribution >= 0.6 is 22.7 Å². The average Bonchev–Trinajstić information content (AvgIpc) is 3.26. The molecule has 0 aromatic carbocycles. The Hall–Kier alpha value is -2.84. The number of hydrogen-bond acceptors (Lipinski definition) is 6. The van der Waals surface area contributed by atoms with Crippen molar-refractivity contribution in [1.82, 2.24) is 14.5 Å². The van der Waals surface area contributed by atoms with Crippen molar-refractivity contribution in [2.24, 2.45) is 0 Å². The number of anilines is 1. The predicted octanol–water partition coefficient (Wildman–Crippen LogP) is 3.53. The molecule has 0 radical (unpaired) electrons. The molecule has 4 heterocycles. The molecule has 0 atom stereocenters. The van der Waals surface area contributed by atoms with Gasteiger partial charge in [0.15, 0.2) is 0 Å². The fourth-order valence-electron chi connectivity index (χ4n) is 2.64. The number of carbonyl (C=O) groups is 1. The fourth-order valence-corrected chi connectivity index (χ4v) is 4.36. The third-order valence-electron chi connectivity index (χ3n) is 3.82. The zero-order valence-corrected chi connectivity index (χ0v) is 15.4. The quantitative estimate of drug-likeness (QED) is 0.586. The van der Waals surface area contributed by atoms with Gasteiger partial charge in [0.25, 0.3) is 5.56 Å². The van der Waals surface area contributed by atoms with Crippen LogP contribution in [0.4, 0.5) is 5.82 Å². The molecule has 0 unspecified atom stereocenters. The highest BCUT2D eigenvalue weighted by Gasteiger charge is 2.15. The second-order valence-corrected chi connectivity index (χ2v) is 7.50. The monoisotopic (exact) mass is 382 g/mol. The van der Waals surface area contributed by atoms with E-state index in [2.05, 4.69) is 15.3 Å². The Kier molecular flexibility index (Phi) is 4.36. The van der Waals surface area contributed by atoms with Gasteiger partial charge >= 0.3 is 0 Å².